The van der Waals surface area contributed by atoms with Gasteiger partial charge in [0.05, 0.1) is 18.8 Å². The van der Waals surface area contributed by atoms with Crippen molar-refractivity contribution in [2.24, 2.45) is 11.8 Å². The number of hydrogen-bond acceptors (Lipinski definition) is 3. The van der Waals surface area contributed by atoms with E-state index in [0.717, 1.165) is 10.1 Å². The Labute approximate surface area is 158 Å². The summed E-state index contributed by atoms with van der Waals surface area (Å²) in [5.74, 6) is -0.715. The lowest BCUT2D eigenvalue weighted by molar-refractivity contribution is -0.219. The fraction of sp³-hybridized carbons (Fsp3) is 0.778. The Morgan fingerprint density at radius 2 is 1.80 bits per heavy atom. The Morgan fingerprint density at radius 1 is 1.24 bits per heavy atom. The van der Waals surface area contributed by atoms with Gasteiger partial charge in [-0.2, -0.15) is 18.7 Å². The van der Waals surface area contributed by atoms with E-state index in [1.807, 2.05) is 60.6 Å². The number of nitrogens with one attached hydrogen (secondary N) is 1. The van der Waals surface area contributed by atoms with Crippen LogP contribution >= 0.6 is 15.9 Å². The average Bonchev–Trinajstić information content (AvgIpc) is 3.14. The fourth-order valence-corrected chi connectivity index (χ4v) is 3.27. The third kappa shape index (κ3) is 5.55. The minimum Gasteiger partial charge on any atom is -0.366 e. The molecule has 2 fully saturated rings. The van der Waals surface area contributed by atoms with Crippen LogP contribution in [-0.2, 0) is 9.57 Å². The lowest BCUT2D eigenvalue weighted by atomic mass is 9.75. The maximum absolute atomic E-state index is 13.1. The highest BCUT2D eigenvalue weighted by molar-refractivity contribution is 9.11. The van der Waals surface area contributed by atoms with Gasteiger partial charge >= 0.3 is 6.18 Å². The summed E-state index contributed by atoms with van der Waals surface area (Å²) in [6, 6.07) is 0. The van der Waals surface area contributed by atoms with Crippen LogP contribution in [0.15, 0.2) is 22.2 Å². The van der Waals surface area contributed by atoms with E-state index in [4.69, 9.17) is 9.57 Å². The molecule has 2 saturated heterocycles. The van der Waals surface area contributed by atoms with Gasteiger partial charge in [0.2, 0.25) is 0 Å². The maximum Gasteiger partial charge on any atom is 0.415 e. The van der Waals surface area contributed by atoms with Gasteiger partial charge in [-0.25, -0.2) is 0 Å². The highest BCUT2D eigenvalue weighted by atomic mass is 79.9. The van der Waals surface area contributed by atoms with Crippen LogP contribution in [0.1, 0.15) is 48.5 Å². The summed E-state index contributed by atoms with van der Waals surface area (Å²) in [5.41, 5.74) is 2.73. The van der Waals surface area contributed by atoms with Crippen molar-refractivity contribution in [2.75, 3.05) is 13.2 Å². The predicted molar refractivity (Wildman–Crippen MR) is 99.4 cm³/mol. The Bertz CT molecular complexity index is 464. The van der Waals surface area contributed by atoms with Gasteiger partial charge in [-0.3, -0.25) is 0 Å². The van der Waals surface area contributed by atoms with E-state index in [1.165, 1.54) is 0 Å². The van der Waals surface area contributed by atoms with E-state index in [-0.39, 0.29) is 19.1 Å². The Kier molecular flexibility index (Phi) is 10.5. The molecule has 0 saturated carbocycles. The summed E-state index contributed by atoms with van der Waals surface area (Å²) in [4.78, 5) is 5.18. The largest absolute Gasteiger partial charge is 0.415 e. The number of rotatable bonds is 3. The Morgan fingerprint density at radius 3 is 2.24 bits per heavy atom. The molecule has 2 aliphatic rings. The molecule has 3 unspecified atom stereocenters. The molecule has 0 radical (unpaired) electrons. The average molecular weight is 430 g/mol. The van der Waals surface area contributed by atoms with Crippen molar-refractivity contribution in [3.8, 4) is 0 Å². The van der Waals surface area contributed by atoms with Crippen molar-refractivity contribution in [3.05, 3.63) is 22.2 Å². The van der Waals surface area contributed by atoms with Crippen molar-refractivity contribution in [3.63, 3.8) is 0 Å². The lowest BCUT2D eigenvalue weighted by Crippen LogP contribution is -2.50. The first-order chi connectivity index (χ1) is 11.7. The first-order valence-electron chi connectivity index (χ1n) is 8.83. The van der Waals surface area contributed by atoms with E-state index in [0.29, 0.717) is 0 Å². The predicted octanol–water partition coefficient (Wildman–Crippen LogP) is 5.77. The summed E-state index contributed by atoms with van der Waals surface area (Å²) in [6.45, 7) is 13.7. The van der Waals surface area contributed by atoms with E-state index >= 15 is 0 Å². The molecule has 3 atom stereocenters. The minimum atomic E-state index is -4.39. The number of allylic oxidation sites excluding steroid dienone is 3. The number of halogens is 4. The van der Waals surface area contributed by atoms with Gasteiger partial charge in [-0.05, 0) is 24.5 Å². The van der Waals surface area contributed by atoms with Crippen LogP contribution in [0.4, 0.5) is 13.2 Å². The molecule has 2 heterocycles. The van der Waals surface area contributed by atoms with Crippen molar-refractivity contribution in [1.29, 1.82) is 0 Å². The Hall–Kier alpha value is -0.370. The molecule has 0 aromatic heterocycles. The molecule has 2 aliphatic heterocycles. The molecule has 0 bridgehead atoms. The summed E-state index contributed by atoms with van der Waals surface area (Å²) in [5, 5.41) is 0. The quantitative estimate of drug-likeness (QED) is 0.577. The summed E-state index contributed by atoms with van der Waals surface area (Å²) in [7, 11) is 0. The van der Waals surface area contributed by atoms with Gasteiger partial charge in [0.25, 0.3) is 0 Å². The zero-order valence-electron chi connectivity index (χ0n) is 16.1. The van der Waals surface area contributed by atoms with E-state index in [1.54, 1.807) is 0 Å². The molecule has 0 aliphatic carbocycles. The highest BCUT2D eigenvalue weighted by Gasteiger charge is 2.63. The van der Waals surface area contributed by atoms with Gasteiger partial charge in [0.1, 0.15) is 0 Å². The van der Waals surface area contributed by atoms with Crippen molar-refractivity contribution in [1.82, 2.24) is 5.48 Å². The molecule has 7 heteroatoms. The molecule has 0 aromatic rings. The lowest BCUT2D eigenvalue weighted by Gasteiger charge is -2.32. The second kappa shape index (κ2) is 10.7. The number of alkyl halides is 3. The smallest absolute Gasteiger partial charge is 0.366 e. The van der Waals surface area contributed by atoms with E-state index in [2.05, 4.69) is 21.4 Å². The third-order valence-corrected chi connectivity index (χ3v) is 4.72. The fourth-order valence-electron chi connectivity index (χ4n) is 3.02. The topological polar surface area (TPSA) is 30.5 Å². The van der Waals surface area contributed by atoms with Gasteiger partial charge in [0.15, 0.2) is 6.10 Å². The summed E-state index contributed by atoms with van der Waals surface area (Å²) >= 11 is 3.39. The van der Waals surface area contributed by atoms with Gasteiger partial charge in [0, 0.05) is 10.4 Å². The number of fused-ring (bicyclic) bond motifs is 1. The molecule has 3 nitrogen and oxygen atoms in total. The number of hydrogen-bond donors (Lipinski definition) is 1. The van der Waals surface area contributed by atoms with Gasteiger partial charge < -0.3 is 9.57 Å². The van der Waals surface area contributed by atoms with Crippen LogP contribution in [0.25, 0.3) is 0 Å². The van der Waals surface area contributed by atoms with E-state index in [9.17, 15) is 13.2 Å². The second-order valence-corrected chi connectivity index (χ2v) is 6.61. The standard InChI is InChI=1S/C14H19BrF3NO2.2C2H6/c1-4-9(15)5-10(8(2)3)13-7-20-12(14(16,17)18)11(13)6-21-19-13;2*1-2/h4-5,8,11-12,19H,6-7H2,1-3H3;2*1-2H3/b9-4+,10-5+;;. The molecule has 0 aromatic carbocycles. The first-order valence-corrected chi connectivity index (χ1v) is 9.63. The summed E-state index contributed by atoms with van der Waals surface area (Å²) in [6.07, 6.45) is -2.47. The maximum atomic E-state index is 13.1. The first kappa shape index (κ1) is 24.6. The molecule has 25 heavy (non-hydrogen) atoms. The molecule has 2 rings (SSSR count). The molecular weight excluding hydrogens is 399 g/mol. The van der Waals surface area contributed by atoms with Crippen LogP contribution in [0, 0.1) is 11.8 Å². The monoisotopic (exact) mass is 429 g/mol. The molecule has 0 amide bonds. The third-order valence-electron chi connectivity index (χ3n) is 4.04. The van der Waals surface area contributed by atoms with E-state index < -0.39 is 23.7 Å². The van der Waals surface area contributed by atoms with Crippen LogP contribution in [0.3, 0.4) is 0 Å². The van der Waals surface area contributed by atoms with Crippen LogP contribution < -0.4 is 5.48 Å². The normalized spacial score (nSPS) is 29.6. The molecular formula is C18H31BrF3NO2. The van der Waals surface area contributed by atoms with Crippen LogP contribution in [-0.4, -0.2) is 31.0 Å². The molecule has 1 N–H and O–H groups in total. The van der Waals surface area contributed by atoms with Crippen molar-refractivity contribution in [2.45, 2.75) is 66.3 Å². The highest BCUT2D eigenvalue weighted by Crippen LogP contribution is 2.47. The van der Waals surface area contributed by atoms with Gasteiger partial charge in [-0.15, -0.1) is 0 Å². The number of hydroxylamine groups is 1. The molecule has 148 valence electrons. The SMILES string of the molecule is C/C=C(Br)\C=C(/C(C)C)C12COC(C(F)(F)F)C1CON2.CC.CC. The van der Waals surface area contributed by atoms with Crippen LogP contribution in [0.2, 0.25) is 0 Å². The zero-order valence-corrected chi connectivity index (χ0v) is 17.7. The molecule has 0 spiro atoms. The van der Waals surface area contributed by atoms with Crippen molar-refractivity contribution < 1.29 is 22.7 Å². The van der Waals surface area contributed by atoms with Gasteiger partial charge in [-0.1, -0.05) is 63.5 Å². The minimum absolute atomic E-state index is 0.0122. The van der Waals surface area contributed by atoms with Crippen LogP contribution in [0.5, 0.6) is 0 Å². The second-order valence-electron chi connectivity index (χ2n) is 5.69. The summed E-state index contributed by atoms with van der Waals surface area (Å²) < 4.78 is 45.3. The number of ether oxygens (including phenoxy) is 1. The zero-order chi connectivity index (χ0) is 19.8. The Balaban J connectivity index is 0.00000134. The van der Waals surface area contributed by atoms with Crippen molar-refractivity contribution >= 4 is 15.9 Å².